The van der Waals surface area contributed by atoms with E-state index in [4.69, 9.17) is 45.9 Å². The topological polar surface area (TPSA) is 35.2 Å². The van der Waals surface area contributed by atoms with Gasteiger partial charge in [0.2, 0.25) is 0 Å². The van der Waals surface area contributed by atoms with Gasteiger partial charge in [-0.2, -0.15) is 0 Å². The highest BCUT2D eigenvalue weighted by atomic mass is 35.5. The Kier molecular flexibility index (Phi) is 4.86. The van der Waals surface area contributed by atoms with E-state index in [0.29, 0.717) is 27.4 Å². The van der Waals surface area contributed by atoms with Gasteiger partial charge < -0.3 is 10.5 Å². The summed E-state index contributed by atoms with van der Waals surface area (Å²) in [6.07, 6.45) is 0. The molecule has 0 fully saturated rings. The van der Waals surface area contributed by atoms with E-state index in [1.165, 1.54) is 0 Å². The predicted octanol–water partition coefficient (Wildman–Crippen LogP) is 4.52. The van der Waals surface area contributed by atoms with Gasteiger partial charge in [-0.05, 0) is 30.7 Å². The van der Waals surface area contributed by atoms with Gasteiger partial charge in [-0.1, -0.05) is 53.6 Å². The fraction of sp³-hybridized carbons (Fsp3) is 0.133. The summed E-state index contributed by atoms with van der Waals surface area (Å²) in [6, 6.07) is 11.0. The smallest absolute Gasteiger partial charge is 0.138 e. The SMILES string of the molecule is Cc1ccc(Cl)c(OCc2ccc(C(N)=S)cc2Cl)c1. The number of aryl methyl sites for hydroxylation is 1. The van der Waals surface area contributed by atoms with E-state index in [1.54, 1.807) is 6.07 Å². The second kappa shape index (κ2) is 6.44. The number of hydrogen-bond donors (Lipinski definition) is 1. The minimum absolute atomic E-state index is 0.320. The van der Waals surface area contributed by atoms with Crippen LogP contribution in [0.15, 0.2) is 36.4 Å². The Morgan fingerprint density at radius 3 is 2.55 bits per heavy atom. The average molecular weight is 326 g/mol. The quantitative estimate of drug-likeness (QED) is 0.839. The summed E-state index contributed by atoms with van der Waals surface area (Å²) in [6.45, 7) is 2.31. The van der Waals surface area contributed by atoms with Crippen LogP contribution >= 0.6 is 35.4 Å². The molecule has 0 saturated carbocycles. The lowest BCUT2D eigenvalue weighted by atomic mass is 10.1. The minimum atomic E-state index is 0.320. The minimum Gasteiger partial charge on any atom is -0.487 e. The van der Waals surface area contributed by atoms with E-state index in [9.17, 15) is 0 Å². The number of ether oxygens (including phenoxy) is 1. The highest BCUT2D eigenvalue weighted by Crippen LogP contribution is 2.27. The summed E-state index contributed by atoms with van der Waals surface area (Å²) in [5, 5.41) is 1.14. The van der Waals surface area contributed by atoms with Crippen LogP contribution in [-0.4, -0.2) is 4.99 Å². The maximum absolute atomic E-state index is 6.18. The molecule has 0 amide bonds. The van der Waals surface area contributed by atoms with Crippen LogP contribution in [0.4, 0.5) is 0 Å². The first-order valence-electron chi connectivity index (χ1n) is 5.94. The molecule has 2 aromatic carbocycles. The number of thiocarbonyl (C=S) groups is 1. The van der Waals surface area contributed by atoms with Crippen LogP contribution in [0.25, 0.3) is 0 Å². The normalized spacial score (nSPS) is 10.3. The van der Waals surface area contributed by atoms with Crippen molar-refractivity contribution in [3.63, 3.8) is 0 Å². The molecular weight excluding hydrogens is 313 g/mol. The van der Waals surface area contributed by atoms with Gasteiger partial charge in [0.25, 0.3) is 0 Å². The summed E-state index contributed by atoms with van der Waals surface area (Å²) in [7, 11) is 0. The van der Waals surface area contributed by atoms with E-state index >= 15 is 0 Å². The molecule has 0 aliphatic rings. The van der Waals surface area contributed by atoms with Crippen molar-refractivity contribution in [1.29, 1.82) is 0 Å². The van der Waals surface area contributed by atoms with E-state index in [2.05, 4.69) is 0 Å². The third-order valence-electron chi connectivity index (χ3n) is 2.81. The van der Waals surface area contributed by atoms with Crippen molar-refractivity contribution in [2.24, 2.45) is 5.73 Å². The van der Waals surface area contributed by atoms with Crippen LogP contribution in [0.1, 0.15) is 16.7 Å². The maximum Gasteiger partial charge on any atom is 0.138 e. The molecule has 0 aliphatic carbocycles. The summed E-state index contributed by atoms with van der Waals surface area (Å²) >= 11 is 17.2. The van der Waals surface area contributed by atoms with Crippen LogP contribution in [0.2, 0.25) is 10.0 Å². The van der Waals surface area contributed by atoms with Crippen LogP contribution < -0.4 is 10.5 Å². The van der Waals surface area contributed by atoms with Crippen molar-refractivity contribution in [3.8, 4) is 5.75 Å². The van der Waals surface area contributed by atoms with Gasteiger partial charge >= 0.3 is 0 Å². The van der Waals surface area contributed by atoms with Crippen molar-refractivity contribution < 1.29 is 4.74 Å². The zero-order valence-electron chi connectivity index (χ0n) is 10.8. The van der Waals surface area contributed by atoms with Gasteiger partial charge in [-0.25, -0.2) is 0 Å². The molecule has 0 spiro atoms. The zero-order valence-corrected chi connectivity index (χ0v) is 13.1. The molecule has 0 aromatic heterocycles. The maximum atomic E-state index is 6.18. The summed E-state index contributed by atoms with van der Waals surface area (Å²) in [5.41, 5.74) is 8.23. The fourth-order valence-electron chi connectivity index (χ4n) is 1.69. The molecule has 104 valence electrons. The largest absolute Gasteiger partial charge is 0.487 e. The number of hydrogen-bond acceptors (Lipinski definition) is 2. The van der Waals surface area contributed by atoms with Crippen LogP contribution in [0, 0.1) is 6.92 Å². The summed E-state index contributed by atoms with van der Waals surface area (Å²) < 4.78 is 5.70. The molecule has 0 bridgehead atoms. The first kappa shape index (κ1) is 15.1. The third kappa shape index (κ3) is 3.63. The molecule has 2 rings (SSSR count). The summed E-state index contributed by atoms with van der Waals surface area (Å²) in [5.74, 6) is 0.640. The average Bonchev–Trinajstić information content (AvgIpc) is 2.40. The molecule has 0 aliphatic heterocycles. The second-order valence-electron chi connectivity index (χ2n) is 4.39. The van der Waals surface area contributed by atoms with Gasteiger partial charge in [0.05, 0.1) is 5.02 Å². The molecule has 2 aromatic rings. The van der Waals surface area contributed by atoms with Crippen molar-refractivity contribution in [2.75, 3.05) is 0 Å². The summed E-state index contributed by atoms with van der Waals surface area (Å²) in [4.78, 5) is 0.320. The molecule has 0 saturated heterocycles. The van der Waals surface area contributed by atoms with E-state index in [1.807, 2.05) is 37.3 Å². The lowest BCUT2D eigenvalue weighted by Gasteiger charge is -2.11. The Bertz CT molecular complexity index is 658. The van der Waals surface area contributed by atoms with Crippen LogP contribution in [0.5, 0.6) is 5.75 Å². The number of halogens is 2. The Morgan fingerprint density at radius 2 is 1.90 bits per heavy atom. The molecule has 0 radical (unpaired) electrons. The van der Waals surface area contributed by atoms with Crippen LogP contribution in [-0.2, 0) is 6.61 Å². The lowest BCUT2D eigenvalue weighted by Crippen LogP contribution is -2.09. The standard InChI is InChI=1S/C15H13Cl2NOS/c1-9-2-5-12(16)14(6-9)19-8-11-4-3-10(15(18)20)7-13(11)17/h2-7H,8H2,1H3,(H2,18,20). The van der Waals surface area contributed by atoms with Gasteiger partial charge in [-0.15, -0.1) is 0 Å². The van der Waals surface area contributed by atoms with Crippen molar-refractivity contribution in [3.05, 3.63) is 63.1 Å². The monoisotopic (exact) mass is 325 g/mol. The van der Waals surface area contributed by atoms with E-state index < -0.39 is 0 Å². The molecule has 0 atom stereocenters. The molecule has 0 unspecified atom stereocenters. The van der Waals surface area contributed by atoms with Crippen molar-refractivity contribution >= 4 is 40.4 Å². The van der Waals surface area contributed by atoms with Gasteiger partial charge in [0.15, 0.2) is 0 Å². The van der Waals surface area contributed by atoms with Crippen molar-refractivity contribution in [2.45, 2.75) is 13.5 Å². The molecule has 2 nitrogen and oxygen atoms in total. The van der Waals surface area contributed by atoms with Gasteiger partial charge in [0.1, 0.15) is 17.3 Å². The first-order valence-corrected chi connectivity index (χ1v) is 7.11. The zero-order chi connectivity index (χ0) is 14.7. The fourth-order valence-corrected chi connectivity index (χ4v) is 2.23. The van der Waals surface area contributed by atoms with Gasteiger partial charge in [-0.3, -0.25) is 0 Å². The lowest BCUT2D eigenvalue weighted by molar-refractivity contribution is 0.306. The first-order chi connectivity index (χ1) is 9.47. The Balaban J connectivity index is 2.15. The molecule has 20 heavy (non-hydrogen) atoms. The molecular formula is C15H13Cl2NOS. The highest BCUT2D eigenvalue weighted by Gasteiger charge is 2.07. The second-order valence-corrected chi connectivity index (χ2v) is 5.65. The molecule has 5 heteroatoms. The van der Waals surface area contributed by atoms with Crippen molar-refractivity contribution in [1.82, 2.24) is 0 Å². The molecule has 2 N–H and O–H groups in total. The van der Waals surface area contributed by atoms with E-state index in [-0.39, 0.29) is 0 Å². The third-order valence-corrected chi connectivity index (χ3v) is 3.71. The Labute approximate surface area is 133 Å². The van der Waals surface area contributed by atoms with E-state index in [0.717, 1.165) is 16.7 Å². The Morgan fingerprint density at radius 1 is 1.15 bits per heavy atom. The predicted molar refractivity (Wildman–Crippen MR) is 87.9 cm³/mol. The Hall–Kier alpha value is -1.29. The number of rotatable bonds is 4. The van der Waals surface area contributed by atoms with Gasteiger partial charge in [0, 0.05) is 16.1 Å². The number of benzene rings is 2. The molecule has 0 heterocycles. The highest BCUT2D eigenvalue weighted by molar-refractivity contribution is 7.80. The number of nitrogens with two attached hydrogens (primary N) is 1. The van der Waals surface area contributed by atoms with Crippen LogP contribution in [0.3, 0.4) is 0 Å².